The monoisotopic (exact) mass is 714 g/mol. The van der Waals surface area contributed by atoms with E-state index in [1.54, 1.807) is 0 Å². The van der Waals surface area contributed by atoms with Crippen molar-refractivity contribution in [3.8, 4) is 33.7 Å². The van der Waals surface area contributed by atoms with Gasteiger partial charge in [-0.3, -0.25) is 0 Å². The first kappa shape index (κ1) is 32.0. The van der Waals surface area contributed by atoms with Gasteiger partial charge in [-0.1, -0.05) is 140 Å². The molecule has 0 aliphatic carbocycles. The number of para-hydroxylation sites is 1. The molecule has 0 fully saturated rings. The van der Waals surface area contributed by atoms with Gasteiger partial charge in [-0.15, -0.1) is 0 Å². The quantitative estimate of drug-likeness (QED) is 0.161. The van der Waals surface area contributed by atoms with Crippen molar-refractivity contribution in [1.29, 1.82) is 0 Å². The predicted molar refractivity (Wildman–Crippen MR) is 235 cm³/mol. The smallest absolute Gasteiger partial charge is 0.227 e. The first-order valence-electron chi connectivity index (χ1n) is 19.0. The molecule has 0 radical (unpaired) electrons. The Hall–Kier alpha value is -7.49. The largest absolute Gasteiger partial charge is 0.436 e. The Labute approximate surface area is 324 Å². The minimum Gasteiger partial charge on any atom is -0.436 e. The number of benzene rings is 10. The molecule has 262 valence electrons. The van der Waals surface area contributed by atoms with E-state index >= 15 is 0 Å². The maximum absolute atomic E-state index is 6.39. The fourth-order valence-electron chi connectivity index (χ4n) is 8.35. The van der Waals surface area contributed by atoms with Gasteiger partial charge in [0.1, 0.15) is 5.52 Å². The van der Waals surface area contributed by atoms with Crippen molar-refractivity contribution >= 4 is 71.3 Å². The Morgan fingerprint density at radius 1 is 0.339 bits per heavy atom. The van der Waals surface area contributed by atoms with Crippen LogP contribution >= 0.6 is 0 Å². The molecular formula is C53H34N2O. The van der Waals surface area contributed by atoms with Gasteiger partial charge < -0.3 is 9.32 Å². The van der Waals surface area contributed by atoms with Crippen molar-refractivity contribution in [3.05, 3.63) is 206 Å². The lowest BCUT2D eigenvalue weighted by Crippen LogP contribution is -2.09. The molecule has 0 N–H and O–H groups in total. The van der Waals surface area contributed by atoms with E-state index in [2.05, 4.69) is 181 Å². The van der Waals surface area contributed by atoms with E-state index in [0.717, 1.165) is 55.6 Å². The molecule has 10 aromatic carbocycles. The van der Waals surface area contributed by atoms with Gasteiger partial charge in [0, 0.05) is 28.0 Å². The Kier molecular flexibility index (Phi) is 7.49. The highest BCUT2D eigenvalue weighted by atomic mass is 16.3. The molecule has 0 amide bonds. The van der Waals surface area contributed by atoms with Gasteiger partial charge in [-0.2, -0.15) is 0 Å². The van der Waals surface area contributed by atoms with E-state index < -0.39 is 0 Å². The summed E-state index contributed by atoms with van der Waals surface area (Å²) in [6.45, 7) is 0. The molecule has 1 aromatic heterocycles. The Morgan fingerprint density at radius 3 is 1.68 bits per heavy atom. The number of nitrogens with zero attached hydrogens (tertiary/aromatic N) is 2. The number of rotatable bonds is 6. The molecule has 0 bridgehead atoms. The van der Waals surface area contributed by atoms with E-state index in [9.17, 15) is 0 Å². The van der Waals surface area contributed by atoms with Gasteiger partial charge in [0.2, 0.25) is 5.89 Å². The number of anilines is 3. The molecule has 0 unspecified atom stereocenters. The van der Waals surface area contributed by atoms with E-state index in [0.29, 0.717) is 5.89 Å². The first-order valence-corrected chi connectivity index (χ1v) is 19.0. The summed E-state index contributed by atoms with van der Waals surface area (Å²) < 4.78 is 6.39. The summed E-state index contributed by atoms with van der Waals surface area (Å²) in [5, 5.41) is 9.65. The zero-order valence-corrected chi connectivity index (χ0v) is 30.4. The topological polar surface area (TPSA) is 29.3 Å². The summed E-state index contributed by atoms with van der Waals surface area (Å²) in [4.78, 5) is 7.28. The maximum Gasteiger partial charge on any atom is 0.227 e. The summed E-state index contributed by atoms with van der Waals surface area (Å²) in [7, 11) is 0. The van der Waals surface area contributed by atoms with Crippen LogP contribution in [0.2, 0.25) is 0 Å². The molecule has 1 heterocycles. The lowest BCUT2D eigenvalue weighted by molar-refractivity contribution is 0.620. The van der Waals surface area contributed by atoms with Crippen LogP contribution in [0.3, 0.4) is 0 Å². The Balaban J connectivity index is 0.986. The van der Waals surface area contributed by atoms with Crippen LogP contribution in [0.15, 0.2) is 211 Å². The van der Waals surface area contributed by atoms with Crippen LogP contribution in [0, 0.1) is 0 Å². The van der Waals surface area contributed by atoms with Crippen molar-refractivity contribution in [2.75, 3.05) is 4.90 Å². The highest BCUT2D eigenvalue weighted by Crippen LogP contribution is 2.41. The molecule has 0 atom stereocenters. The molecule has 0 spiro atoms. The standard InChI is InChI=1S/C53H34N2O/c1-3-13-36(14-4-1)53-54-52-48-22-12-11-21-47(48)50(34-51(52)56-53)40-24-23-38-32-43(30-27-37(38)31-40)55(41-16-5-2-6-17-41)42-28-25-35(26-29-42)49-33-39-15-7-8-18-44(39)45-19-9-10-20-46(45)49/h1-34H. The molecular weight excluding hydrogens is 681 g/mol. The number of hydrogen-bond acceptors (Lipinski definition) is 3. The summed E-state index contributed by atoms with van der Waals surface area (Å²) in [5.74, 6) is 0.633. The van der Waals surface area contributed by atoms with Gasteiger partial charge in [0.15, 0.2) is 5.58 Å². The second-order valence-corrected chi connectivity index (χ2v) is 14.4. The summed E-state index contributed by atoms with van der Waals surface area (Å²) in [6.07, 6.45) is 0. The van der Waals surface area contributed by atoms with E-state index in [-0.39, 0.29) is 0 Å². The van der Waals surface area contributed by atoms with Crippen LogP contribution in [0.5, 0.6) is 0 Å². The van der Waals surface area contributed by atoms with Crippen LogP contribution < -0.4 is 4.90 Å². The first-order chi connectivity index (χ1) is 27.7. The van der Waals surface area contributed by atoms with Crippen LogP contribution in [-0.2, 0) is 0 Å². The van der Waals surface area contributed by atoms with Crippen molar-refractivity contribution in [1.82, 2.24) is 4.98 Å². The highest BCUT2D eigenvalue weighted by Gasteiger charge is 2.17. The summed E-state index contributed by atoms with van der Waals surface area (Å²) in [6, 6.07) is 73.6. The van der Waals surface area contributed by atoms with Crippen LogP contribution in [0.1, 0.15) is 0 Å². The molecule has 3 nitrogen and oxygen atoms in total. The second-order valence-electron chi connectivity index (χ2n) is 14.4. The van der Waals surface area contributed by atoms with Crippen LogP contribution in [-0.4, -0.2) is 4.98 Å². The van der Waals surface area contributed by atoms with Gasteiger partial charge in [0.25, 0.3) is 0 Å². The molecule has 3 heteroatoms. The van der Waals surface area contributed by atoms with Crippen molar-refractivity contribution < 1.29 is 4.42 Å². The van der Waals surface area contributed by atoms with Crippen molar-refractivity contribution in [3.63, 3.8) is 0 Å². The average Bonchev–Trinajstić information content (AvgIpc) is 3.72. The molecule has 11 rings (SSSR count). The number of fused-ring (bicyclic) bond motifs is 7. The third kappa shape index (κ3) is 5.40. The fraction of sp³-hybridized carbons (Fsp3) is 0. The number of hydrogen-bond donors (Lipinski definition) is 0. The van der Waals surface area contributed by atoms with Gasteiger partial charge in [0.05, 0.1) is 0 Å². The zero-order valence-electron chi connectivity index (χ0n) is 30.4. The maximum atomic E-state index is 6.39. The average molecular weight is 715 g/mol. The lowest BCUT2D eigenvalue weighted by Gasteiger charge is -2.26. The molecule has 11 aromatic rings. The second kappa shape index (κ2) is 13.1. The molecule has 0 saturated carbocycles. The zero-order chi connectivity index (χ0) is 37.0. The molecule has 0 aliphatic rings. The third-order valence-corrected chi connectivity index (χ3v) is 11.0. The van der Waals surface area contributed by atoms with E-state index in [1.807, 2.05) is 30.3 Å². The molecule has 56 heavy (non-hydrogen) atoms. The third-order valence-electron chi connectivity index (χ3n) is 11.0. The van der Waals surface area contributed by atoms with Crippen molar-refractivity contribution in [2.45, 2.75) is 0 Å². The fourth-order valence-corrected chi connectivity index (χ4v) is 8.35. The summed E-state index contributed by atoms with van der Waals surface area (Å²) in [5.41, 5.74) is 10.6. The van der Waals surface area contributed by atoms with Gasteiger partial charge in [-0.25, -0.2) is 4.98 Å². The number of aromatic nitrogens is 1. The lowest BCUT2D eigenvalue weighted by atomic mass is 9.93. The van der Waals surface area contributed by atoms with E-state index in [1.165, 1.54) is 43.4 Å². The molecule has 0 aliphatic heterocycles. The normalized spacial score (nSPS) is 11.6. The van der Waals surface area contributed by atoms with Gasteiger partial charge in [-0.05, 0) is 127 Å². The van der Waals surface area contributed by atoms with Crippen LogP contribution in [0.25, 0.3) is 87.9 Å². The SMILES string of the molecule is c1ccc(-c2nc3c(cc(-c4ccc5cc(N(c6ccccc6)c6ccc(-c7cc8ccccc8c8ccccc78)cc6)ccc5c4)c4ccccc43)o2)cc1. The number of oxazole rings is 1. The van der Waals surface area contributed by atoms with Crippen molar-refractivity contribution in [2.24, 2.45) is 0 Å². The van der Waals surface area contributed by atoms with E-state index in [4.69, 9.17) is 9.40 Å². The minimum atomic E-state index is 0.633. The molecule has 0 saturated heterocycles. The van der Waals surface area contributed by atoms with Gasteiger partial charge >= 0.3 is 0 Å². The predicted octanol–water partition coefficient (Wildman–Crippen LogP) is 14.9. The van der Waals surface area contributed by atoms with Crippen LogP contribution in [0.4, 0.5) is 17.1 Å². The Bertz CT molecular complexity index is 3240. The Morgan fingerprint density at radius 2 is 0.893 bits per heavy atom. The summed E-state index contributed by atoms with van der Waals surface area (Å²) >= 11 is 0. The highest BCUT2D eigenvalue weighted by molar-refractivity contribution is 6.14. The minimum absolute atomic E-state index is 0.633.